The molecule has 0 saturated carbocycles. The number of esters is 1. The van der Waals surface area contributed by atoms with Gasteiger partial charge in [0.2, 0.25) is 0 Å². The Morgan fingerprint density at radius 3 is 2.37 bits per heavy atom. The third-order valence-corrected chi connectivity index (χ3v) is 5.01. The monoisotopic (exact) mass is 369 g/mol. The zero-order valence-electron chi connectivity index (χ0n) is 15.4. The van der Waals surface area contributed by atoms with Gasteiger partial charge in [-0.05, 0) is 43.0 Å². The number of carbonyl (C=O) groups excluding carboxylic acids is 3. The van der Waals surface area contributed by atoms with Crippen molar-refractivity contribution in [1.82, 2.24) is 5.32 Å². The summed E-state index contributed by atoms with van der Waals surface area (Å²) in [7, 11) is 0. The molecule has 0 aromatic heterocycles. The molecule has 2 fully saturated rings. The highest BCUT2D eigenvalue weighted by Gasteiger charge is 2.23. The number of hydrogen-bond donors (Lipinski definition) is 1. The minimum atomic E-state index is -0.222. The molecule has 0 atom stereocenters. The van der Waals surface area contributed by atoms with E-state index >= 15 is 0 Å². The van der Waals surface area contributed by atoms with Gasteiger partial charge in [-0.1, -0.05) is 0 Å². The Kier molecular flexibility index (Phi) is 5.97. The Labute approximate surface area is 158 Å². The fourth-order valence-electron chi connectivity index (χ4n) is 3.46. The summed E-state index contributed by atoms with van der Waals surface area (Å²) in [5, 5.41) is 2.77. The molecule has 0 bridgehead atoms. The second-order valence-corrected chi connectivity index (χ2v) is 6.81. The first-order valence-electron chi connectivity index (χ1n) is 9.12. The van der Waals surface area contributed by atoms with Gasteiger partial charge in [-0.15, -0.1) is 0 Å². The number of ether oxygens (including phenoxy) is 1. The minimum Gasteiger partial charge on any atom is -0.466 e. The van der Waals surface area contributed by atoms with Gasteiger partial charge < -0.3 is 19.9 Å². The molecule has 27 heavy (non-hydrogen) atoms. The van der Waals surface area contributed by atoms with Gasteiger partial charge in [0.25, 0.3) is 0 Å². The predicted molar refractivity (Wildman–Crippen MR) is 102 cm³/mol. The summed E-state index contributed by atoms with van der Waals surface area (Å²) in [5.74, 6) is 4.09. The Morgan fingerprint density at radius 2 is 1.78 bits per heavy atom. The number of piperidine rings is 1. The summed E-state index contributed by atoms with van der Waals surface area (Å²) in [5.41, 5.74) is 2.37. The molecule has 1 aromatic carbocycles. The van der Waals surface area contributed by atoms with E-state index in [0.29, 0.717) is 31.2 Å². The SMILES string of the molecule is CC(=O)OCC1CCN(c2ccc(N3CCC(=C=O)NC3=C=O)cc2)CC1. The van der Waals surface area contributed by atoms with E-state index in [0.717, 1.165) is 37.3 Å². The predicted octanol–water partition coefficient (Wildman–Crippen LogP) is 1.65. The molecular weight excluding hydrogens is 346 g/mol. The second kappa shape index (κ2) is 8.58. The highest BCUT2D eigenvalue weighted by molar-refractivity contribution is 5.69. The molecule has 0 amide bonds. The van der Waals surface area contributed by atoms with Gasteiger partial charge in [0.05, 0.1) is 6.61 Å². The fourth-order valence-corrected chi connectivity index (χ4v) is 3.46. The number of carbonyl (C=O) groups is 1. The van der Waals surface area contributed by atoms with Crippen LogP contribution in [0.25, 0.3) is 0 Å². The van der Waals surface area contributed by atoms with Crippen molar-refractivity contribution in [3.63, 3.8) is 0 Å². The summed E-state index contributed by atoms with van der Waals surface area (Å²) in [4.78, 5) is 37.0. The molecule has 142 valence electrons. The van der Waals surface area contributed by atoms with Gasteiger partial charge in [-0.25, -0.2) is 9.59 Å². The second-order valence-electron chi connectivity index (χ2n) is 6.81. The van der Waals surface area contributed by atoms with Crippen molar-refractivity contribution in [2.24, 2.45) is 5.92 Å². The maximum atomic E-state index is 11.2. The molecule has 2 saturated heterocycles. The molecular formula is C20H23N3O4. The van der Waals surface area contributed by atoms with E-state index in [9.17, 15) is 14.4 Å². The van der Waals surface area contributed by atoms with Crippen molar-refractivity contribution in [2.75, 3.05) is 36.0 Å². The zero-order chi connectivity index (χ0) is 19.2. The molecule has 2 aliphatic heterocycles. The topological polar surface area (TPSA) is 79.0 Å². The summed E-state index contributed by atoms with van der Waals surface area (Å²) < 4.78 is 5.11. The highest BCUT2D eigenvalue weighted by atomic mass is 16.5. The van der Waals surface area contributed by atoms with E-state index in [2.05, 4.69) is 10.2 Å². The van der Waals surface area contributed by atoms with Crippen LogP contribution in [-0.4, -0.2) is 44.1 Å². The van der Waals surface area contributed by atoms with Crippen molar-refractivity contribution >= 4 is 29.2 Å². The molecule has 1 N–H and O–H groups in total. The third-order valence-electron chi connectivity index (χ3n) is 5.01. The van der Waals surface area contributed by atoms with Crippen molar-refractivity contribution in [2.45, 2.75) is 26.2 Å². The Morgan fingerprint density at radius 1 is 1.11 bits per heavy atom. The van der Waals surface area contributed by atoms with Crippen LogP contribution in [-0.2, 0) is 19.1 Å². The largest absolute Gasteiger partial charge is 0.466 e. The van der Waals surface area contributed by atoms with Crippen molar-refractivity contribution in [3.8, 4) is 0 Å². The van der Waals surface area contributed by atoms with E-state index in [1.54, 1.807) is 5.94 Å². The van der Waals surface area contributed by atoms with Gasteiger partial charge >= 0.3 is 5.97 Å². The first-order chi connectivity index (χ1) is 13.1. The van der Waals surface area contributed by atoms with Crippen LogP contribution in [0.15, 0.2) is 35.8 Å². The lowest BCUT2D eigenvalue weighted by atomic mass is 9.97. The average molecular weight is 369 g/mol. The van der Waals surface area contributed by atoms with Crippen LogP contribution < -0.4 is 15.1 Å². The average Bonchev–Trinajstić information content (AvgIpc) is 2.72. The standard InChI is InChI=1S/C20H23N3O4/c1-15(26)27-14-16-6-9-22(10-7-16)18-2-4-19(5-3-18)23-11-8-17(12-24)21-20(23)13-25/h2-5,16,21H,6-11,14H2,1H3. The minimum absolute atomic E-state index is 0.222. The molecule has 0 spiro atoms. The molecule has 2 heterocycles. The maximum absolute atomic E-state index is 11.2. The van der Waals surface area contributed by atoms with Gasteiger partial charge in [0.1, 0.15) is 11.6 Å². The number of nitrogens with one attached hydrogen (secondary N) is 1. The highest BCUT2D eigenvalue weighted by Crippen LogP contribution is 2.28. The number of anilines is 2. The Hall–Kier alpha value is -3.01. The Bertz CT molecular complexity index is 784. The van der Waals surface area contributed by atoms with Crippen molar-refractivity contribution in [1.29, 1.82) is 0 Å². The van der Waals surface area contributed by atoms with Gasteiger partial charge in [0, 0.05) is 44.4 Å². The van der Waals surface area contributed by atoms with Crippen LogP contribution in [0.5, 0.6) is 0 Å². The molecule has 7 heteroatoms. The van der Waals surface area contributed by atoms with E-state index < -0.39 is 0 Å². The zero-order valence-corrected chi connectivity index (χ0v) is 15.4. The first-order valence-corrected chi connectivity index (χ1v) is 9.12. The summed E-state index contributed by atoms with van der Waals surface area (Å²) in [6.45, 7) is 4.31. The molecule has 3 rings (SSSR count). The van der Waals surface area contributed by atoms with Crippen LogP contribution in [0.3, 0.4) is 0 Å². The summed E-state index contributed by atoms with van der Waals surface area (Å²) in [6, 6.07) is 8.01. The lowest BCUT2D eigenvalue weighted by Crippen LogP contribution is -2.39. The van der Waals surface area contributed by atoms with Crippen molar-refractivity contribution in [3.05, 3.63) is 35.8 Å². The fraction of sp³-hybridized carbons (Fsp3) is 0.450. The number of nitrogens with zero attached hydrogens (tertiary/aromatic N) is 2. The van der Waals surface area contributed by atoms with Crippen molar-refractivity contribution < 1.29 is 19.1 Å². The van der Waals surface area contributed by atoms with Crippen LogP contribution in [0.1, 0.15) is 26.2 Å². The van der Waals surface area contributed by atoms with Crippen LogP contribution in [0, 0.1) is 5.92 Å². The van der Waals surface area contributed by atoms with Gasteiger partial charge in [-0.2, -0.15) is 0 Å². The molecule has 0 radical (unpaired) electrons. The van der Waals surface area contributed by atoms with E-state index in [-0.39, 0.29) is 11.8 Å². The first kappa shape index (κ1) is 18.8. The smallest absolute Gasteiger partial charge is 0.302 e. The van der Waals surface area contributed by atoms with Crippen LogP contribution in [0.2, 0.25) is 0 Å². The van der Waals surface area contributed by atoms with E-state index in [4.69, 9.17) is 4.74 Å². The van der Waals surface area contributed by atoms with Gasteiger partial charge in [0.15, 0.2) is 11.8 Å². The summed E-state index contributed by atoms with van der Waals surface area (Å²) >= 11 is 0. The quantitative estimate of drug-likeness (QED) is 0.639. The van der Waals surface area contributed by atoms with E-state index in [1.165, 1.54) is 6.92 Å². The lowest BCUT2D eigenvalue weighted by Gasteiger charge is -2.34. The lowest BCUT2D eigenvalue weighted by molar-refractivity contribution is -0.142. The molecule has 2 aliphatic rings. The van der Waals surface area contributed by atoms with E-state index in [1.807, 2.05) is 35.1 Å². The maximum Gasteiger partial charge on any atom is 0.302 e. The third kappa shape index (κ3) is 4.59. The van der Waals surface area contributed by atoms with Gasteiger partial charge in [-0.3, -0.25) is 4.79 Å². The number of rotatable bonds is 4. The normalized spacial score (nSPS) is 17.8. The summed E-state index contributed by atoms with van der Waals surface area (Å²) in [6.07, 6.45) is 2.49. The number of benzene rings is 1. The molecule has 0 aliphatic carbocycles. The van der Waals surface area contributed by atoms with Crippen LogP contribution >= 0.6 is 0 Å². The Balaban J connectivity index is 1.60. The number of hydrogen-bond acceptors (Lipinski definition) is 7. The molecule has 7 nitrogen and oxygen atoms in total. The molecule has 1 aromatic rings. The van der Waals surface area contributed by atoms with Crippen LogP contribution in [0.4, 0.5) is 11.4 Å². The molecule has 0 unspecified atom stereocenters.